The molecule has 3 aromatic carbocycles. The number of para-hydroxylation sites is 1. The van der Waals surface area contributed by atoms with Gasteiger partial charge in [-0.2, -0.15) is 4.98 Å². The van der Waals surface area contributed by atoms with Gasteiger partial charge in [-0.1, -0.05) is 56.3 Å². The van der Waals surface area contributed by atoms with Gasteiger partial charge in [0.1, 0.15) is 5.52 Å². The molecule has 5 nitrogen and oxygen atoms in total. The van der Waals surface area contributed by atoms with E-state index in [1.807, 2.05) is 54.3 Å². The number of fused-ring (bicyclic) bond motifs is 2. The molecule has 2 heterocycles. The van der Waals surface area contributed by atoms with Crippen LogP contribution < -0.4 is 5.32 Å². The summed E-state index contributed by atoms with van der Waals surface area (Å²) in [6.45, 7) is 7.99. The van der Waals surface area contributed by atoms with Crippen molar-refractivity contribution < 1.29 is 9.21 Å². The van der Waals surface area contributed by atoms with Gasteiger partial charge in [-0.3, -0.25) is 4.79 Å². The number of carbonyl (C=O) groups is 1. The summed E-state index contributed by atoms with van der Waals surface area (Å²) in [7, 11) is 0. The summed E-state index contributed by atoms with van der Waals surface area (Å²) in [5.41, 5.74) is 8.54. The Kier molecular flexibility index (Phi) is 6.10. The molecular formula is C29H31N3O2. The van der Waals surface area contributed by atoms with Gasteiger partial charge in [-0.15, -0.1) is 0 Å². The summed E-state index contributed by atoms with van der Waals surface area (Å²) in [6, 6.07) is 21.1. The molecule has 0 radical (unpaired) electrons. The van der Waals surface area contributed by atoms with Crippen LogP contribution in [-0.4, -0.2) is 22.3 Å². The van der Waals surface area contributed by atoms with Crippen molar-refractivity contribution in [1.29, 1.82) is 0 Å². The van der Waals surface area contributed by atoms with E-state index in [1.165, 1.54) is 16.7 Å². The van der Waals surface area contributed by atoms with Gasteiger partial charge in [0.15, 0.2) is 5.58 Å². The number of amides is 1. The topological polar surface area (TPSA) is 58.4 Å². The maximum Gasteiger partial charge on any atom is 0.300 e. The molecule has 5 heteroatoms. The number of hydrogen-bond acceptors (Lipinski definition) is 4. The van der Waals surface area contributed by atoms with Crippen LogP contribution in [0.4, 0.5) is 11.7 Å². The van der Waals surface area contributed by atoms with Crippen LogP contribution >= 0.6 is 0 Å². The highest BCUT2D eigenvalue weighted by Gasteiger charge is 2.22. The van der Waals surface area contributed by atoms with E-state index in [1.54, 1.807) is 0 Å². The molecule has 0 fully saturated rings. The first kappa shape index (κ1) is 22.2. The minimum atomic E-state index is 0.147. The Labute approximate surface area is 200 Å². The maximum atomic E-state index is 13.1. The number of benzene rings is 3. The molecule has 0 aliphatic carbocycles. The number of nitrogens with one attached hydrogen (secondary N) is 1. The van der Waals surface area contributed by atoms with Gasteiger partial charge >= 0.3 is 0 Å². The fourth-order valence-electron chi connectivity index (χ4n) is 4.58. The zero-order chi connectivity index (χ0) is 23.7. The Hall–Kier alpha value is -3.60. The predicted octanol–water partition coefficient (Wildman–Crippen LogP) is 6.52. The zero-order valence-electron chi connectivity index (χ0n) is 20.1. The average molecular weight is 454 g/mol. The molecule has 5 rings (SSSR count). The van der Waals surface area contributed by atoms with E-state index in [4.69, 9.17) is 4.42 Å². The van der Waals surface area contributed by atoms with Crippen molar-refractivity contribution in [1.82, 2.24) is 9.88 Å². The Morgan fingerprint density at radius 2 is 1.97 bits per heavy atom. The molecule has 1 unspecified atom stereocenters. The number of carbonyl (C=O) groups excluding carboxylic acids is 1. The number of hydrogen-bond donors (Lipinski definition) is 1. The third-order valence-corrected chi connectivity index (χ3v) is 6.97. The van der Waals surface area contributed by atoms with Gasteiger partial charge < -0.3 is 14.6 Å². The van der Waals surface area contributed by atoms with E-state index >= 15 is 0 Å². The molecule has 1 aliphatic rings. The van der Waals surface area contributed by atoms with Gasteiger partial charge in [-0.05, 0) is 71.7 Å². The van der Waals surface area contributed by atoms with Crippen molar-refractivity contribution in [3.8, 4) is 0 Å². The molecule has 0 saturated carbocycles. The van der Waals surface area contributed by atoms with Crippen molar-refractivity contribution in [2.45, 2.75) is 52.5 Å². The van der Waals surface area contributed by atoms with Crippen LogP contribution in [0.15, 0.2) is 65.1 Å². The van der Waals surface area contributed by atoms with Crippen molar-refractivity contribution in [2.75, 3.05) is 11.9 Å². The monoisotopic (exact) mass is 453 g/mol. The Morgan fingerprint density at radius 3 is 2.79 bits per heavy atom. The summed E-state index contributed by atoms with van der Waals surface area (Å²) in [6.07, 6.45) is 2.42. The largest absolute Gasteiger partial charge is 0.423 e. The lowest BCUT2D eigenvalue weighted by Crippen LogP contribution is -2.37. The number of aryl methyl sites for hydroxylation is 1. The summed E-state index contributed by atoms with van der Waals surface area (Å²) in [5.74, 6) is 0.720. The van der Waals surface area contributed by atoms with Gasteiger partial charge in [-0.25, -0.2) is 0 Å². The molecule has 1 N–H and O–H groups in total. The molecule has 1 amide bonds. The maximum absolute atomic E-state index is 13.1. The summed E-state index contributed by atoms with van der Waals surface area (Å²) < 4.78 is 5.93. The molecule has 4 aromatic rings. The molecule has 174 valence electrons. The lowest BCUT2D eigenvalue weighted by atomic mass is 9.91. The molecule has 34 heavy (non-hydrogen) atoms. The van der Waals surface area contributed by atoms with E-state index in [-0.39, 0.29) is 5.91 Å². The fraction of sp³-hybridized carbons (Fsp3) is 0.310. The van der Waals surface area contributed by atoms with E-state index in [0.717, 1.165) is 41.7 Å². The Morgan fingerprint density at radius 1 is 1.12 bits per heavy atom. The second kappa shape index (κ2) is 9.34. The number of nitrogens with zero attached hydrogens (tertiary/aromatic N) is 2. The van der Waals surface area contributed by atoms with Crippen LogP contribution in [0.1, 0.15) is 54.0 Å². The van der Waals surface area contributed by atoms with Gasteiger partial charge in [0.05, 0.1) is 6.42 Å². The number of anilines is 2. The minimum absolute atomic E-state index is 0.147. The lowest BCUT2D eigenvalue weighted by Gasteiger charge is -2.29. The van der Waals surface area contributed by atoms with Crippen LogP contribution in [0, 0.1) is 6.92 Å². The second-order valence-electron chi connectivity index (χ2n) is 9.34. The van der Waals surface area contributed by atoms with Crippen LogP contribution in [0.25, 0.3) is 11.1 Å². The van der Waals surface area contributed by atoms with Gasteiger partial charge in [0.25, 0.3) is 6.01 Å². The van der Waals surface area contributed by atoms with Crippen molar-refractivity contribution >= 4 is 28.7 Å². The number of rotatable bonds is 6. The van der Waals surface area contributed by atoms with Crippen LogP contribution in [-0.2, 0) is 24.2 Å². The van der Waals surface area contributed by atoms with Crippen molar-refractivity contribution in [2.24, 2.45) is 0 Å². The predicted molar refractivity (Wildman–Crippen MR) is 136 cm³/mol. The summed E-state index contributed by atoms with van der Waals surface area (Å²) >= 11 is 0. The smallest absolute Gasteiger partial charge is 0.300 e. The minimum Gasteiger partial charge on any atom is -0.423 e. The van der Waals surface area contributed by atoms with Crippen LogP contribution in [0.5, 0.6) is 0 Å². The average Bonchev–Trinajstić information content (AvgIpc) is 3.26. The van der Waals surface area contributed by atoms with Crippen LogP contribution in [0.2, 0.25) is 0 Å². The first-order valence-electron chi connectivity index (χ1n) is 12.1. The van der Waals surface area contributed by atoms with Crippen molar-refractivity contribution in [3.05, 3.63) is 88.5 Å². The fourth-order valence-corrected chi connectivity index (χ4v) is 4.58. The van der Waals surface area contributed by atoms with E-state index in [9.17, 15) is 4.79 Å². The van der Waals surface area contributed by atoms with E-state index in [0.29, 0.717) is 30.5 Å². The number of oxazole rings is 1. The molecular weight excluding hydrogens is 422 g/mol. The summed E-state index contributed by atoms with van der Waals surface area (Å²) in [5, 5.41) is 3.24. The van der Waals surface area contributed by atoms with E-state index < -0.39 is 0 Å². The quantitative estimate of drug-likeness (QED) is 0.361. The van der Waals surface area contributed by atoms with E-state index in [2.05, 4.69) is 42.3 Å². The molecule has 0 spiro atoms. The highest BCUT2D eigenvalue weighted by Crippen LogP contribution is 2.27. The van der Waals surface area contributed by atoms with Gasteiger partial charge in [0.2, 0.25) is 5.91 Å². The highest BCUT2D eigenvalue weighted by atomic mass is 16.4. The lowest BCUT2D eigenvalue weighted by molar-refractivity contribution is -0.131. The number of aromatic nitrogens is 1. The molecule has 0 bridgehead atoms. The van der Waals surface area contributed by atoms with Crippen molar-refractivity contribution in [3.63, 3.8) is 0 Å². The molecule has 0 saturated heterocycles. The molecule has 1 aromatic heterocycles. The summed E-state index contributed by atoms with van der Waals surface area (Å²) in [4.78, 5) is 19.6. The zero-order valence-corrected chi connectivity index (χ0v) is 20.1. The van der Waals surface area contributed by atoms with Crippen LogP contribution in [0.3, 0.4) is 0 Å². The third kappa shape index (κ3) is 4.56. The first-order chi connectivity index (χ1) is 16.5. The first-order valence-corrected chi connectivity index (χ1v) is 12.1. The normalized spacial score (nSPS) is 14.1. The second-order valence-corrected chi connectivity index (χ2v) is 9.34. The SMILES string of the molecule is CCC(C)c1ccc2c(c1)CCN(C(=O)Cc1ccc3nc(Nc4ccccc4C)oc3c1)C2. The molecule has 1 atom stereocenters. The third-order valence-electron chi connectivity index (χ3n) is 6.97. The van der Waals surface area contributed by atoms with Gasteiger partial charge in [0, 0.05) is 18.8 Å². The molecule has 1 aliphatic heterocycles. The Bertz CT molecular complexity index is 1340. The highest BCUT2D eigenvalue weighted by molar-refractivity contribution is 5.82. The standard InChI is InChI=1S/C29H31N3O2/c1-4-19(2)22-10-11-24-18-32(14-13-23(24)17-22)28(33)16-21-9-12-26-27(15-21)34-29(31-26)30-25-8-6-5-7-20(25)3/h5-12,15,17,19H,4,13-14,16,18H2,1-3H3,(H,30,31). The Balaban J connectivity index is 1.27.